The van der Waals surface area contributed by atoms with Crippen LogP contribution < -0.4 is 5.32 Å². The average molecular weight is 248 g/mol. The molecule has 0 spiro atoms. The minimum absolute atomic E-state index is 0.128. The Morgan fingerprint density at radius 1 is 1.06 bits per heavy atom. The summed E-state index contributed by atoms with van der Waals surface area (Å²) in [5.41, 5.74) is 2.22. The fourth-order valence-electron chi connectivity index (χ4n) is 1.99. The van der Waals surface area contributed by atoms with E-state index >= 15 is 0 Å². The number of nitrogens with zero attached hydrogens (tertiary/aromatic N) is 1. The molecular weight excluding hydrogens is 224 g/mol. The van der Waals surface area contributed by atoms with Crippen LogP contribution in [0.5, 0.6) is 0 Å². The summed E-state index contributed by atoms with van der Waals surface area (Å²) in [6.07, 6.45) is 1.50. The van der Waals surface area contributed by atoms with Gasteiger partial charge < -0.3 is 10.2 Å². The van der Waals surface area contributed by atoms with Gasteiger partial charge in [0.1, 0.15) is 0 Å². The first kappa shape index (κ1) is 14.7. The normalized spacial score (nSPS) is 13.4. The molecule has 18 heavy (non-hydrogen) atoms. The largest absolute Gasteiger partial charge is 0.326 e. The number of rotatable bonds is 3. The summed E-state index contributed by atoms with van der Waals surface area (Å²) in [4.78, 5) is 13.3. The second kappa shape index (κ2) is 7.88. The summed E-state index contributed by atoms with van der Waals surface area (Å²) in [5.74, 6) is 0.128. The van der Waals surface area contributed by atoms with Gasteiger partial charge >= 0.3 is 0 Å². The highest BCUT2D eigenvalue weighted by Gasteiger charge is 2.12. The van der Waals surface area contributed by atoms with Gasteiger partial charge in [-0.2, -0.15) is 0 Å². The summed E-state index contributed by atoms with van der Waals surface area (Å²) in [6, 6.07) is 7.92. The second-order valence-electron chi connectivity index (χ2n) is 4.32. The van der Waals surface area contributed by atoms with E-state index in [1.165, 1.54) is 25.2 Å². The number of anilines is 1. The van der Waals surface area contributed by atoms with Gasteiger partial charge in [-0.05, 0) is 37.7 Å². The van der Waals surface area contributed by atoms with Crippen molar-refractivity contribution in [2.24, 2.45) is 0 Å². The van der Waals surface area contributed by atoms with Crippen LogP contribution in [-0.2, 0) is 11.2 Å². The Morgan fingerprint density at radius 3 is 2.22 bits per heavy atom. The van der Waals surface area contributed by atoms with E-state index in [0.717, 1.165) is 12.1 Å². The average Bonchev–Trinajstić information content (AvgIpc) is 2.41. The van der Waals surface area contributed by atoms with Gasteiger partial charge in [0.05, 0.1) is 0 Å². The van der Waals surface area contributed by atoms with Gasteiger partial charge in [0.25, 0.3) is 0 Å². The zero-order valence-corrected chi connectivity index (χ0v) is 11.7. The molecule has 0 aromatic heterocycles. The quantitative estimate of drug-likeness (QED) is 0.892. The Bertz CT molecular complexity index is 367. The van der Waals surface area contributed by atoms with Crippen LogP contribution >= 0.6 is 0 Å². The number of fused-ring (bicyclic) bond motifs is 1. The standard InChI is InChI=1S/C9H9NO.C6H15N/c11-9-6-5-7-3-1-2-4-8(7)10-9;1-4-7(5-2)6-3/h1-4H,5-6H2,(H,10,11);4-6H2,1-3H3. The smallest absolute Gasteiger partial charge is 0.224 e. The highest BCUT2D eigenvalue weighted by atomic mass is 16.1. The fraction of sp³-hybridized carbons (Fsp3) is 0.533. The minimum atomic E-state index is 0.128. The molecular formula is C15H24N2O. The number of para-hydroxylation sites is 1. The zero-order valence-electron chi connectivity index (χ0n) is 11.7. The highest BCUT2D eigenvalue weighted by molar-refractivity contribution is 5.93. The summed E-state index contributed by atoms with van der Waals surface area (Å²) >= 11 is 0. The number of nitrogens with one attached hydrogen (secondary N) is 1. The lowest BCUT2D eigenvalue weighted by Gasteiger charge is -2.15. The molecule has 0 bridgehead atoms. The van der Waals surface area contributed by atoms with Crippen LogP contribution in [0.2, 0.25) is 0 Å². The van der Waals surface area contributed by atoms with Gasteiger partial charge in [-0.3, -0.25) is 4.79 Å². The number of hydrogen-bond donors (Lipinski definition) is 1. The van der Waals surface area contributed by atoms with Gasteiger partial charge in [0, 0.05) is 12.1 Å². The van der Waals surface area contributed by atoms with Crippen molar-refractivity contribution in [1.29, 1.82) is 0 Å². The maximum absolute atomic E-state index is 10.9. The van der Waals surface area contributed by atoms with Crippen molar-refractivity contribution in [1.82, 2.24) is 4.90 Å². The zero-order chi connectivity index (χ0) is 13.4. The molecule has 1 N–H and O–H groups in total. The van der Waals surface area contributed by atoms with E-state index < -0.39 is 0 Å². The first-order valence-electron chi connectivity index (χ1n) is 6.81. The van der Waals surface area contributed by atoms with Crippen LogP contribution in [0.1, 0.15) is 32.8 Å². The predicted octanol–water partition coefficient (Wildman–Crippen LogP) is 2.92. The lowest BCUT2D eigenvalue weighted by atomic mass is 10.0. The number of carbonyl (C=O) groups excluding carboxylic acids is 1. The molecule has 0 saturated heterocycles. The van der Waals surface area contributed by atoms with Crippen molar-refractivity contribution in [3.05, 3.63) is 29.8 Å². The monoisotopic (exact) mass is 248 g/mol. The van der Waals surface area contributed by atoms with E-state index in [1.54, 1.807) is 0 Å². The molecule has 100 valence electrons. The molecule has 0 aliphatic carbocycles. The van der Waals surface area contributed by atoms with Gasteiger partial charge in [-0.15, -0.1) is 0 Å². The molecule has 0 unspecified atom stereocenters. The molecule has 3 heteroatoms. The molecule has 2 rings (SSSR count). The fourth-order valence-corrected chi connectivity index (χ4v) is 1.99. The van der Waals surface area contributed by atoms with Crippen molar-refractivity contribution < 1.29 is 4.79 Å². The topological polar surface area (TPSA) is 32.3 Å². The highest BCUT2D eigenvalue weighted by Crippen LogP contribution is 2.20. The van der Waals surface area contributed by atoms with E-state index in [4.69, 9.17) is 0 Å². The third-order valence-electron chi connectivity index (χ3n) is 3.25. The molecule has 0 atom stereocenters. The van der Waals surface area contributed by atoms with Gasteiger partial charge in [0.15, 0.2) is 0 Å². The predicted molar refractivity (Wildman–Crippen MR) is 76.9 cm³/mol. The van der Waals surface area contributed by atoms with Crippen LogP contribution in [0.25, 0.3) is 0 Å². The molecule has 1 aromatic rings. The van der Waals surface area contributed by atoms with Crippen molar-refractivity contribution in [2.75, 3.05) is 25.0 Å². The van der Waals surface area contributed by atoms with Crippen LogP contribution in [0, 0.1) is 0 Å². The van der Waals surface area contributed by atoms with Gasteiger partial charge in [0.2, 0.25) is 5.91 Å². The number of carbonyl (C=O) groups is 1. The molecule has 3 nitrogen and oxygen atoms in total. The van der Waals surface area contributed by atoms with Crippen LogP contribution in [0.3, 0.4) is 0 Å². The van der Waals surface area contributed by atoms with Gasteiger partial charge in [-0.25, -0.2) is 0 Å². The lowest BCUT2D eigenvalue weighted by Crippen LogP contribution is -2.21. The Kier molecular flexibility index (Phi) is 6.44. The molecule has 1 aliphatic rings. The summed E-state index contributed by atoms with van der Waals surface area (Å²) in [5, 5.41) is 2.82. The SMILES string of the molecule is CCN(CC)CC.O=C1CCc2ccccc2N1. The van der Waals surface area contributed by atoms with Gasteiger partial charge in [-0.1, -0.05) is 39.0 Å². The van der Waals surface area contributed by atoms with Crippen LogP contribution in [0.4, 0.5) is 5.69 Å². The Balaban J connectivity index is 0.000000203. The first-order valence-corrected chi connectivity index (χ1v) is 6.81. The van der Waals surface area contributed by atoms with E-state index in [-0.39, 0.29) is 5.91 Å². The molecule has 0 saturated carbocycles. The molecule has 1 amide bonds. The Hall–Kier alpha value is -1.35. The van der Waals surface area contributed by atoms with Crippen molar-refractivity contribution in [2.45, 2.75) is 33.6 Å². The Morgan fingerprint density at radius 2 is 1.67 bits per heavy atom. The van der Waals surface area contributed by atoms with Crippen LogP contribution in [-0.4, -0.2) is 30.4 Å². The Labute approximate surface area is 110 Å². The number of hydrogen-bond acceptors (Lipinski definition) is 2. The summed E-state index contributed by atoms with van der Waals surface area (Å²) in [6.45, 7) is 10.1. The third-order valence-corrected chi connectivity index (χ3v) is 3.25. The van der Waals surface area contributed by atoms with E-state index in [0.29, 0.717) is 6.42 Å². The number of benzene rings is 1. The minimum Gasteiger partial charge on any atom is -0.326 e. The molecule has 0 radical (unpaired) electrons. The molecule has 1 heterocycles. The van der Waals surface area contributed by atoms with E-state index in [9.17, 15) is 4.79 Å². The van der Waals surface area contributed by atoms with E-state index in [2.05, 4.69) is 37.1 Å². The third kappa shape index (κ3) is 4.49. The summed E-state index contributed by atoms with van der Waals surface area (Å²) < 4.78 is 0. The molecule has 1 aliphatic heterocycles. The van der Waals surface area contributed by atoms with E-state index in [1.807, 2.05) is 18.2 Å². The van der Waals surface area contributed by atoms with Crippen LogP contribution in [0.15, 0.2) is 24.3 Å². The lowest BCUT2D eigenvalue weighted by molar-refractivity contribution is -0.116. The maximum atomic E-state index is 10.9. The van der Waals surface area contributed by atoms with Crippen molar-refractivity contribution in [3.8, 4) is 0 Å². The second-order valence-corrected chi connectivity index (χ2v) is 4.32. The molecule has 0 fully saturated rings. The first-order chi connectivity index (χ1) is 8.71. The maximum Gasteiger partial charge on any atom is 0.224 e. The summed E-state index contributed by atoms with van der Waals surface area (Å²) in [7, 11) is 0. The molecule has 1 aromatic carbocycles. The van der Waals surface area contributed by atoms with Crippen molar-refractivity contribution >= 4 is 11.6 Å². The number of amides is 1. The number of aryl methyl sites for hydroxylation is 1. The van der Waals surface area contributed by atoms with Crippen molar-refractivity contribution in [3.63, 3.8) is 0 Å².